The van der Waals surface area contributed by atoms with Crippen LogP contribution in [-0.4, -0.2) is 0 Å². The molecule has 0 fully saturated rings. The van der Waals surface area contributed by atoms with Crippen LogP contribution in [0.1, 0.15) is 13.7 Å². The van der Waals surface area contributed by atoms with Crippen molar-refractivity contribution in [1.82, 2.24) is 0 Å². The average molecular weight is 695 g/mol. The minimum absolute atomic E-state index is 0.00172. The standard InChI is InChI=1S/C48H32N2OS/c1-4-14-33(15-5-1)34-16-12-21-37(30-34)50(36-19-8-3-9-20-36)44-24-13-23-43-42-29-27-39(32-47(42)52-48(43)44)49(35-17-6-2-7-18-35)38-26-28-41-40-22-10-11-25-45(40)51-46(41)31-38/h1-32H/i1D,2D,4D,5D,6D,7D,14D,15D,17D,18D. The Balaban J connectivity index is 1.17. The van der Waals surface area contributed by atoms with E-state index in [2.05, 4.69) is 4.90 Å². The fourth-order valence-corrected chi connectivity index (χ4v) is 8.14. The molecule has 0 aliphatic carbocycles. The maximum atomic E-state index is 9.04. The molecule has 8 aromatic carbocycles. The van der Waals surface area contributed by atoms with Crippen LogP contribution < -0.4 is 9.80 Å². The fourth-order valence-electron chi connectivity index (χ4n) is 6.90. The Morgan fingerprint density at radius 2 is 1.08 bits per heavy atom. The van der Waals surface area contributed by atoms with Crippen LogP contribution in [0.2, 0.25) is 0 Å². The largest absolute Gasteiger partial charge is 0.456 e. The van der Waals surface area contributed by atoms with Gasteiger partial charge in [0.15, 0.2) is 0 Å². The molecule has 10 rings (SSSR count). The number of para-hydroxylation sites is 3. The first-order valence-electron chi connectivity index (χ1n) is 21.7. The highest BCUT2D eigenvalue weighted by atomic mass is 32.1. The lowest BCUT2D eigenvalue weighted by atomic mass is 10.0. The van der Waals surface area contributed by atoms with Gasteiger partial charge in [-0.3, -0.25) is 0 Å². The van der Waals surface area contributed by atoms with Gasteiger partial charge in [0.1, 0.15) is 11.2 Å². The summed E-state index contributed by atoms with van der Waals surface area (Å²) >= 11 is 1.55. The number of fused-ring (bicyclic) bond motifs is 6. The Labute approximate surface area is 319 Å². The van der Waals surface area contributed by atoms with Crippen molar-refractivity contribution in [3.8, 4) is 11.1 Å². The zero-order valence-corrected chi connectivity index (χ0v) is 28.2. The van der Waals surface area contributed by atoms with Crippen molar-refractivity contribution in [1.29, 1.82) is 0 Å². The third-order valence-electron chi connectivity index (χ3n) is 9.20. The molecule has 0 atom stereocenters. The zero-order chi connectivity index (χ0) is 43.1. The molecule has 0 aliphatic rings. The highest BCUT2D eigenvalue weighted by Crippen LogP contribution is 2.47. The lowest BCUT2D eigenvalue weighted by Crippen LogP contribution is -2.10. The number of hydrogen-bond donors (Lipinski definition) is 0. The molecule has 0 aliphatic heterocycles. The van der Waals surface area contributed by atoms with E-state index in [0.717, 1.165) is 42.3 Å². The summed E-state index contributed by atoms with van der Waals surface area (Å²) in [6.07, 6.45) is 0. The summed E-state index contributed by atoms with van der Waals surface area (Å²) < 4.78 is 93.7. The first-order valence-corrected chi connectivity index (χ1v) is 17.5. The highest BCUT2D eigenvalue weighted by Gasteiger charge is 2.20. The first kappa shape index (κ1) is 21.6. The molecule has 0 radical (unpaired) electrons. The summed E-state index contributed by atoms with van der Waals surface area (Å²) in [7, 11) is 0. The van der Waals surface area contributed by atoms with Gasteiger partial charge in [-0.25, -0.2) is 0 Å². The van der Waals surface area contributed by atoms with Crippen LogP contribution in [0.3, 0.4) is 0 Å². The van der Waals surface area contributed by atoms with Crippen LogP contribution in [-0.2, 0) is 0 Å². The predicted octanol–water partition coefficient (Wildman–Crippen LogP) is 14.6. The number of thiophene rings is 1. The van der Waals surface area contributed by atoms with Crippen LogP contribution in [0.15, 0.2) is 198 Å². The van der Waals surface area contributed by atoms with E-state index < -0.39 is 36.3 Å². The van der Waals surface area contributed by atoms with Crippen LogP contribution in [0.5, 0.6) is 0 Å². The second-order valence-electron chi connectivity index (χ2n) is 12.2. The summed E-state index contributed by atoms with van der Waals surface area (Å²) in [6.45, 7) is 0. The summed E-state index contributed by atoms with van der Waals surface area (Å²) in [4.78, 5) is 3.78. The maximum absolute atomic E-state index is 9.04. The summed E-state index contributed by atoms with van der Waals surface area (Å²) in [5, 5.41) is 3.75. The predicted molar refractivity (Wildman–Crippen MR) is 221 cm³/mol. The van der Waals surface area contributed by atoms with E-state index >= 15 is 0 Å². The zero-order valence-electron chi connectivity index (χ0n) is 37.4. The third-order valence-corrected chi connectivity index (χ3v) is 10.4. The smallest absolute Gasteiger partial charge is 0.137 e. The Morgan fingerprint density at radius 3 is 1.92 bits per heavy atom. The minimum atomic E-state index is -0.481. The van der Waals surface area contributed by atoms with Crippen molar-refractivity contribution >= 4 is 87.6 Å². The fraction of sp³-hybridized carbons (Fsp3) is 0. The minimum Gasteiger partial charge on any atom is -0.456 e. The van der Waals surface area contributed by atoms with E-state index in [9.17, 15) is 0 Å². The molecule has 10 aromatic rings. The maximum Gasteiger partial charge on any atom is 0.137 e. The van der Waals surface area contributed by atoms with Crippen molar-refractivity contribution in [2.45, 2.75) is 0 Å². The monoisotopic (exact) mass is 694 g/mol. The molecule has 3 nitrogen and oxygen atoms in total. The van der Waals surface area contributed by atoms with Crippen molar-refractivity contribution in [3.63, 3.8) is 0 Å². The number of nitrogens with zero attached hydrogens (tertiary/aromatic N) is 2. The molecule has 0 spiro atoms. The van der Waals surface area contributed by atoms with E-state index in [0.29, 0.717) is 33.8 Å². The van der Waals surface area contributed by atoms with E-state index in [-0.39, 0.29) is 35.4 Å². The van der Waals surface area contributed by atoms with Gasteiger partial charge in [-0.05, 0) is 83.9 Å². The first-order chi connectivity index (χ1) is 29.9. The van der Waals surface area contributed by atoms with Gasteiger partial charge in [0, 0.05) is 60.7 Å². The lowest BCUT2D eigenvalue weighted by Gasteiger charge is -2.26. The van der Waals surface area contributed by atoms with Crippen LogP contribution in [0, 0.1) is 0 Å². The SMILES string of the molecule is [2H]c1c([2H])c([2H])c(-c2cccc(N(c3ccccc3)c3cccc4c3sc3cc(N(c5ccc6c(c5)oc5ccccc56)c5c([2H])c([2H])c([2H])c([2H])c5[2H])ccc34)c2)c([2H])c1[2H]. The van der Waals surface area contributed by atoms with Crippen molar-refractivity contribution in [2.75, 3.05) is 9.80 Å². The van der Waals surface area contributed by atoms with E-state index in [4.69, 9.17) is 18.1 Å². The normalized spacial score (nSPS) is 14.2. The number of hydrogen-bond acceptors (Lipinski definition) is 4. The van der Waals surface area contributed by atoms with Gasteiger partial charge in [0.05, 0.1) is 24.1 Å². The molecule has 2 aromatic heterocycles. The Bertz CT molecular complexity index is 3400. The van der Waals surface area contributed by atoms with Crippen molar-refractivity contribution in [3.05, 3.63) is 194 Å². The number of rotatable bonds is 7. The molecule has 246 valence electrons. The van der Waals surface area contributed by atoms with Gasteiger partial charge < -0.3 is 14.2 Å². The average Bonchev–Trinajstić information content (AvgIpc) is 3.86. The molecule has 4 heteroatoms. The van der Waals surface area contributed by atoms with Crippen molar-refractivity contribution < 1.29 is 18.1 Å². The summed E-state index contributed by atoms with van der Waals surface area (Å²) in [6, 6.07) is 38.5. The van der Waals surface area contributed by atoms with E-state index in [1.807, 2.05) is 127 Å². The lowest BCUT2D eigenvalue weighted by molar-refractivity contribution is 0.669. The summed E-state index contributed by atoms with van der Waals surface area (Å²) in [5.74, 6) is 0. The van der Waals surface area contributed by atoms with Gasteiger partial charge in [-0.2, -0.15) is 0 Å². The molecule has 0 saturated heterocycles. The Morgan fingerprint density at radius 1 is 0.423 bits per heavy atom. The molecular weight excluding hydrogens is 653 g/mol. The van der Waals surface area contributed by atoms with Gasteiger partial charge in [0.2, 0.25) is 0 Å². The number of furan rings is 1. The Hall–Kier alpha value is -6.62. The van der Waals surface area contributed by atoms with Gasteiger partial charge >= 0.3 is 0 Å². The molecule has 2 heterocycles. The van der Waals surface area contributed by atoms with Gasteiger partial charge in [-0.15, -0.1) is 11.3 Å². The molecule has 0 bridgehead atoms. The second kappa shape index (κ2) is 12.6. The summed E-state index contributed by atoms with van der Waals surface area (Å²) in [5.41, 5.74) is 5.39. The molecule has 0 saturated carbocycles. The molecule has 0 N–H and O–H groups in total. The second-order valence-corrected chi connectivity index (χ2v) is 13.3. The number of anilines is 6. The number of benzene rings is 8. The van der Waals surface area contributed by atoms with Gasteiger partial charge in [0.25, 0.3) is 0 Å². The van der Waals surface area contributed by atoms with Gasteiger partial charge in [-0.1, -0.05) is 115 Å². The quantitative estimate of drug-likeness (QED) is 0.166. The van der Waals surface area contributed by atoms with Crippen molar-refractivity contribution in [2.24, 2.45) is 0 Å². The Kier molecular flexibility index (Phi) is 5.23. The molecule has 0 amide bonds. The van der Waals surface area contributed by atoms with Crippen LogP contribution >= 0.6 is 11.3 Å². The van der Waals surface area contributed by atoms with E-state index in [1.165, 1.54) is 0 Å². The topological polar surface area (TPSA) is 19.6 Å². The van der Waals surface area contributed by atoms with E-state index in [1.54, 1.807) is 22.3 Å². The molecule has 0 unspecified atom stereocenters. The van der Waals surface area contributed by atoms with Crippen LogP contribution in [0.4, 0.5) is 34.1 Å². The van der Waals surface area contributed by atoms with Crippen LogP contribution in [0.25, 0.3) is 53.2 Å². The molecular formula is C48H32N2OS. The third kappa shape index (κ3) is 5.20. The highest BCUT2D eigenvalue weighted by molar-refractivity contribution is 7.26. The molecule has 52 heavy (non-hydrogen) atoms.